The highest BCUT2D eigenvalue weighted by atomic mass is 16.6. The van der Waals surface area contributed by atoms with Crippen LogP contribution in [-0.4, -0.2) is 43.0 Å². The first-order chi connectivity index (χ1) is 28.5. The van der Waals surface area contributed by atoms with Crippen molar-refractivity contribution in [2.75, 3.05) is 11.5 Å². The summed E-state index contributed by atoms with van der Waals surface area (Å²) in [5.41, 5.74) is 17.4. The maximum atomic E-state index is 14.4. The number of nitrogens with zero attached hydrogens (tertiary/aromatic N) is 2. The summed E-state index contributed by atoms with van der Waals surface area (Å²) < 4.78 is 20.6. The van der Waals surface area contributed by atoms with E-state index in [0.29, 0.717) is 66.2 Å². The molecule has 0 spiro atoms. The zero-order valence-electron chi connectivity index (χ0n) is 33.4. The van der Waals surface area contributed by atoms with Gasteiger partial charge in [0.25, 0.3) is 0 Å². The number of allylic oxidation sites excluding steroid dienone is 1. The van der Waals surface area contributed by atoms with Gasteiger partial charge in [-0.3, -0.25) is 4.79 Å². The first-order valence-electron chi connectivity index (χ1n) is 20.7. The van der Waals surface area contributed by atoms with Crippen molar-refractivity contribution >= 4 is 28.6 Å². The fourth-order valence-corrected chi connectivity index (χ4v) is 10.6. The van der Waals surface area contributed by atoms with E-state index in [2.05, 4.69) is 9.97 Å². The molecule has 0 amide bonds. The lowest BCUT2D eigenvalue weighted by atomic mass is 9.68. The number of aryl methyl sites for hydroxylation is 1. The molecule has 306 valence electrons. The summed E-state index contributed by atoms with van der Waals surface area (Å²) in [7, 11) is 0. The number of fused-ring (bicyclic) bond motifs is 5. The van der Waals surface area contributed by atoms with Crippen molar-refractivity contribution in [3.63, 3.8) is 0 Å². The topological polar surface area (TPSA) is 204 Å². The van der Waals surface area contributed by atoms with Crippen LogP contribution in [0.15, 0.2) is 75.7 Å². The predicted octanol–water partition coefficient (Wildman–Crippen LogP) is 7.06. The minimum Gasteiger partial charge on any atom is -0.508 e. The van der Waals surface area contributed by atoms with Gasteiger partial charge < -0.3 is 40.7 Å². The van der Waals surface area contributed by atoms with Crippen LogP contribution in [0.5, 0.6) is 17.2 Å². The highest BCUT2D eigenvalue weighted by Crippen LogP contribution is 2.56. The first-order valence-corrected chi connectivity index (χ1v) is 20.7. The summed E-state index contributed by atoms with van der Waals surface area (Å²) in [6.45, 7) is 3.29. The Hall–Kier alpha value is -5.88. The minimum absolute atomic E-state index is 0.0218. The van der Waals surface area contributed by atoms with Crippen LogP contribution in [0.3, 0.4) is 0 Å². The van der Waals surface area contributed by atoms with Gasteiger partial charge in [0.05, 0.1) is 0 Å². The van der Waals surface area contributed by atoms with Gasteiger partial charge in [0, 0.05) is 59.0 Å². The Morgan fingerprint density at radius 2 is 1.83 bits per heavy atom. The molecule has 0 unspecified atom stereocenters. The molecule has 0 saturated heterocycles. The molecule has 4 bridgehead atoms. The van der Waals surface area contributed by atoms with Gasteiger partial charge in [-0.2, -0.15) is 0 Å². The minimum atomic E-state index is -1.22. The number of anilines is 2. The number of hydrogen-bond acceptors (Lipinski definition) is 12. The molecule has 59 heavy (non-hydrogen) atoms. The Bertz CT molecular complexity index is 2560. The number of esters is 1. The molecular formula is C47H50N4O8. The molecule has 2 aromatic carbocycles. The molecule has 12 nitrogen and oxygen atoms in total. The fourth-order valence-electron chi connectivity index (χ4n) is 10.6. The van der Waals surface area contributed by atoms with Crippen molar-refractivity contribution in [3.05, 3.63) is 121 Å². The average Bonchev–Trinajstić information content (AvgIpc) is 3.76. The Morgan fingerprint density at radius 1 is 1.02 bits per heavy atom. The number of phenolic OH excluding ortho intramolecular Hbond substituents is 2. The highest BCUT2D eigenvalue weighted by molar-refractivity contribution is 5.92. The number of nitrogens with two attached hydrogens (primary N) is 2. The van der Waals surface area contributed by atoms with E-state index in [1.165, 1.54) is 6.07 Å². The third-order valence-electron chi connectivity index (χ3n) is 13.7. The van der Waals surface area contributed by atoms with E-state index in [4.69, 9.17) is 25.4 Å². The van der Waals surface area contributed by atoms with Crippen molar-refractivity contribution in [2.24, 2.45) is 11.8 Å². The van der Waals surface area contributed by atoms with Crippen LogP contribution in [0.1, 0.15) is 109 Å². The van der Waals surface area contributed by atoms with Gasteiger partial charge in [-0.05, 0) is 117 Å². The molecule has 12 heteroatoms. The Morgan fingerprint density at radius 3 is 2.58 bits per heavy atom. The number of nitrogen functional groups attached to an aromatic ring is 2. The van der Waals surface area contributed by atoms with Crippen LogP contribution in [0, 0.1) is 11.8 Å². The largest absolute Gasteiger partial charge is 0.508 e. The van der Waals surface area contributed by atoms with Crippen LogP contribution in [0.2, 0.25) is 0 Å². The number of phenols is 2. The van der Waals surface area contributed by atoms with Crippen LogP contribution in [-0.2, 0) is 41.8 Å². The summed E-state index contributed by atoms with van der Waals surface area (Å²) in [4.78, 5) is 37.6. The lowest BCUT2D eigenvalue weighted by Crippen LogP contribution is -2.57. The van der Waals surface area contributed by atoms with Gasteiger partial charge in [-0.1, -0.05) is 31.1 Å². The van der Waals surface area contributed by atoms with E-state index in [-0.39, 0.29) is 52.4 Å². The van der Waals surface area contributed by atoms with Crippen LogP contribution in [0.4, 0.5) is 11.6 Å². The molecule has 1 saturated carbocycles. The standard InChI is InChI=1S/C47H50N4O8/c1-3-32(26-6-4-5-7-26)46(56)58-37-21-35-42(55)41-36(54)20-31(23-52)57-44(41)40-34-19-28-18-30(53)12-11-25(28)9-10-27(39-33(34)14-15-50-45(39)49)17-29(47(37,2)59-43(35)40)16-24-8-13-38(48)51-22-24/h3,8,11-15,18,20,22,26-27,29,34,37,52-53,55H,4-7,9-10,16-17,19,21,23H2,1-2H3,(H2,48,51)(H2,49,50)/b32-3-/t27-,29-,34+,37-,47+/m1/s1. The molecule has 5 heterocycles. The van der Waals surface area contributed by atoms with Gasteiger partial charge in [-0.25, -0.2) is 14.8 Å². The smallest absolute Gasteiger partial charge is 0.334 e. The molecular weight excluding hydrogens is 749 g/mol. The SMILES string of the molecule is C/C=C(\C(=O)O[C@@H]1Cc2c3c(c4oc(CO)cc(=O)c4c2O)[C@H]2Cc4cc(O)ccc4CC[C@H](C[C@@H](Cc4ccc(N)nc4)[C@]1(C)O3)c1c2ccnc1N)C1CCCC1. The summed E-state index contributed by atoms with van der Waals surface area (Å²) >= 11 is 0. The van der Waals surface area contributed by atoms with Crippen LogP contribution < -0.4 is 21.6 Å². The number of aliphatic hydroxyl groups excluding tert-OH is 1. The summed E-state index contributed by atoms with van der Waals surface area (Å²) in [5.74, 6) is -0.562. The molecule has 1 fully saturated rings. The number of carbonyl (C=O) groups excluding carboxylic acids is 1. The zero-order valence-corrected chi connectivity index (χ0v) is 33.4. The van der Waals surface area contributed by atoms with Gasteiger partial charge in [0.1, 0.15) is 63.9 Å². The molecule has 2 aliphatic carbocycles. The van der Waals surface area contributed by atoms with Gasteiger partial charge >= 0.3 is 5.97 Å². The Labute approximate surface area is 341 Å². The monoisotopic (exact) mass is 798 g/mol. The number of ether oxygens (including phenoxy) is 2. The van der Waals surface area contributed by atoms with Crippen LogP contribution in [0.25, 0.3) is 11.0 Å². The summed E-state index contributed by atoms with van der Waals surface area (Å²) in [6, 6.07) is 12.3. The number of rotatable bonds is 6. The fraction of sp³-hybridized carbons (Fsp3) is 0.404. The molecule has 2 aliphatic heterocycles. The lowest BCUT2D eigenvalue weighted by Gasteiger charge is -2.49. The normalized spacial score (nSPS) is 24.0. The van der Waals surface area contributed by atoms with Crippen molar-refractivity contribution < 1.29 is 34.0 Å². The van der Waals surface area contributed by atoms with E-state index in [1.54, 1.807) is 30.6 Å². The number of benzene rings is 2. The van der Waals surface area contributed by atoms with Crippen molar-refractivity contribution in [3.8, 4) is 17.2 Å². The van der Waals surface area contributed by atoms with E-state index < -0.39 is 35.6 Å². The highest BCUT2D eigenvalue weighted by Gasteiger charge is 2.53. The molecule has 7 N–H and O–H groups in total. The number of aromatic hydroxyl groups is 2. The second kappa shape index (κ2) is 15.1. The van der Waals surface area contributed by atoms with Crippen molar-refractivity contribution in [2.45, 2.75) is 108 Å². The third kappa shape index (κ3) is 6.67. The number of carbonyl (C=O) groups is 1. The Balaban J connectivity index is 1.36. The summed E-state index contributed by atoms with van der Waals surface area (Å²) in [6.07, 6.45) is 11.0. The van der Waals surface area contributed by atoms with E-state index in [0.717, 1.165) is 53.5 Å². The van der Waals surface area contributed by atoms with Gasteiger partial charge in [0.2, 0.25) is 0 Å². The first kappa shape index (κ1) is 38.6. The van der Waals surface area contributed by atoms with Gasteiger partial charge in [-0.15, -0.1) is 0 Å². The number of aromatic nitrogens is 2. The maximum absolute atomic E-state index is 14.4. The quantitative estimate of drug-likeness (QED) is 0.0866. The van der Waals surface area contributed by atoms with E-state index in [9.17, 15) is 24.9 Å². The molecule has 9 rings (SSSR count). The third-order valence-corrected chi connectivity index (χ3v) is 13.7. The number of hydrogen-bond donors (Lipinski definition) is 5. The number of pyridine rings is 2. The lowest BCUT2D eigenvalue weighted by molar-refractivity contribution is -0.166. The molecule has 5 atom stereocenters. The molecule has 5 aromatic rings. The second-order valence-electron chi connectivity index (χ2n) is 17.0. The summed E-state index contributed by atoms with van der Waals surface area (Å²) in [5, 5.41) is 33.4. The van der Waals surface area contributed by atoms with Crippen molar-refractivity contribution in [1.82, 2.24) is 9.97 Å². The Kier molecular flexibility index (Phi) is 9.86. The van der Waals surface area contributed by atoms with Crippen molar-refractivity contribution in [1.29, 1.82) is 0 Å². The van der Waals surface area contributed by atoms with E-state index >= 15 is 0 Å². The van der Waals surface area contributed by atoms with E-state index in [1.807, 2.05) is 38.1 Å². The second-order valence-corrected chi connectivity index (χ2v) is 17.0. The number of aliphatic hydroxyl groups is 1. The van der Waals surface area contributed by atoms with Gasteiger partial charge in [0.15, 0.2) is 5.43 Å². The maximum Gasteiger partial charge on any atom is 0.334 e. The molecule has 3 aromatic heterocycles. The average molecular weight is 799 g/mol. The predicted molar refractivity (Wildman–Crippen MR) is 222 cm³/mol. The molecule has 4 aliphatic rings. The van der Waals surface area contributed by atoms with Crippen LogP contribution >= 0.6 is 0 Å². The zero-order chi connectivity index (χ0) is 41.2. The molecule has 0 radical (unpaired) electrons.